The fraction of sp³-hybridized carbons (Fsp3) is 0. The van der Waals surface area contributed by atoms with Gasteiger partial charge in [-0.25, -0.2) is 0 Å². The number of hydrogen-bond donors (Lipinski definition) is 0. The zero-order valence-electron chi connectivity index (χ0n) is 33.2. The molecule has 10 aromatic carbocycles. The number of nitrogens with zero attached hydrogens (tertiary/aromatic N) is 2. The van der Waals surface area contributed by atoms with Crippen LogP contribution in [-0.2, 0) is 0 Å². The van der Waals surface area contributed by atoms with Crippen molar-refractivity contribution in [2.45, 2.75) is 0 Å². The molecule has 3 nitrogen and oxygen atoms in total. The van der Waals surface area contributed by atoms with Crippen molar-refractivity contribution in [1.82, 2.24) is 4.57 Å². The summed E-state index contributed by atoms with van der Waals surface area (Å²) < 4.78 is 9.57. The highest BCUT2D eigenvalue weighted by atomic mass is 16.3. The van der Waals surface area contributed by atoms with Crippen LogP contribution in [0.3, 0.4) is 0 Å². The number of anilines is 3. The molecule has 0 saturated carbocycles. The molecule has 286 valence electrons. The molecule has 2 aromatic heterocycles. The predicted octanol–water partition coefficient (Wildman–Crippen LogP) is 16.3. The first-order valence-corrected chi connectivity index (χ1v) is 20.8. The van der Waals surface area contributed by atoms with Crippen LogP contribution < -0.4 is 4.90 Å². The molecule has 3 heteroatoms. The number of hydrogen-bond acceptors (Lipinski definition) is 2. The summed E-state index contributed by atoms with van der Waals surface area (Å²) in [5.74, 6) is 0. The van der Waals surface area contributed by atoms with E-state index in [-0.39, 0.29) is 0 Å². The number of furan rings is 1. The molecular weight excluding hydrogens is 741 g/mol. The molecule has 12 aromatic rings. The van der Waals surface area contributed by atoms with E-state index in [4.69, 9.17) is 4.42 Å². The molecule has 0 aliphatic heterocycles. The van der Waals surface area contributed by atoms with E-state index in [2.05, 4.69) is 240 Å². The van der Waals surface area contributed by atoms with Gasteiger partial charge >= 0.3 is 0 Å². The number of rotatable bonds is 7. The van der Waals surface area contributed by atoms with Crippen LogP contribution in [0.4, 0.5) is 17.1 Å². The van der Waals surface area contributed by atoms with Gasteiger partial charge in [-0.3, -0.25) is 0 Å². The lowest BCUT2D eigenvalue weighted by Crippen LogP contribution is -2.10. The second-order valence-electron chi connectivity index (χ2n) is 15.6. The van der Waals surface area contributed by atoms with Crippen molar-refractivity contribution < 1.29 is 4.42 Å². The highest BCUT2D eigenvalue weighted by Crippen LogP contribution is 2.47. The minimum Gasteiger partial charge on any atom is -0.454 e. The Morgan fingerprint density at radius 3 is 1.61 bits per heavy atom. The van der Waals surface area contributed by atoms with Gasteiger partial charge in [-0.05, 0) is 93.2 Å². The van der Waals surface area contributed by atoms with Crippen LogP contribution in [0.15, 0.2) is 235 Å². The van der Waals surface area contributed by atoms with Crippen molar-refractivity contribution in [1.29, 1.82) is 0 Å². The minimum atomic E-state index is 0.848. The van der Waals surface area contributed by atoms with Crippen molar-refractivity contribution in [3.63, 3.8) is 0 Å². The van der Waals surface area contributed by atoms with Crippen molar-refractivity contribution in [3.05, 3.63) is 231 Å². The molecule has 0 radical (unpaired) electrons. The molecule has 0 atom stereocenters. The Balaban J connectivity index is 1.03. The zero-order chi connectivity index (χ0) is 40.3. The van der Waals surface area contributed by atoms with Crippen LogP contribution in [0, 0.1) is 0 Å². The van der Waals surface area contributed by atoms with Crippen LogP contribution in [0.2, 0.25) is 0 Å². The molecule has 0 amide bonds. The Bertz CT molecular complexity index is 3550. The molecule has 0 bridgehead atoms. The molecule has 12 rings (SSSR count). The Kier molecular flexibility index (Phi) is 8.17. The van der Waals surface area contributed by atoms with Gasteiger partial charge < -0.3 is 13.9 Å². The summed E-state index contributed by atoms with van der Waals surface area (Å²) in [6.45, 7) is 0. The van der Waals surface area contributed by atoms with Gasteiger partial charge in [0.1, 0.15) is 5.58 Å². The molecule has 61 heavy (non-hydrogen) atoms. The number of para-hydroxylation sites is 5. The summed E-state index contributed by atoms with van der Waals surface area (Å²) in [6.07, 6.45) is 0. The second kappa shape index (κ2) is 14.3. The summed E-state index contributed by atoms with van der Waals surface area (Å²) >= 11 is 0. The Labute approximate surface area is 353 Å². The first kappa shape index (κ1) is 34.9. The maximum absolute atomic E-state index is 7.16. The maximum atomic E-state index is 7.16. The zero-order valence-corrected chi connectivity index (χ0v) is 33.2. The third kappa shape index (κ3) is 5.74. The molecule has 0 spiro atoms. The van der Waals surface area contributed by atoms with Gasteiger partial charge in [0.05, 0.1) is 16.7 Å². The molecule has 0 unspecified atom stereocenters. The van der Waals surface area contributed by atoms with Crippen LogP contribution in [0.25, 0.3) is 93.6 Å². The van der Waals surface area contributed by atoms with E-state index in [1.54, 1.807) is 0 Å². The van der Waals surface area contributed by atoms with Crippen LogP contribution in [0.5, 0.6) is 0 Å². The fourth-order valence-corrected chi connectivity index (χ4v) is 9.42. The van der Waals surface area contributed by atoms with Crippen molar-refractivity contribution in [2.75, 3.05) is 4.90 Å². The molecule has 2 heterocycles. The van der Waals surface area contributed by atoms with Gasteiger partial charge in [-0.15, -0.1) is 0 Å². The summed E-state index contributed by atoms with van der Waals surface area (Å²) in [5, 5.41) is 7.02. The predicted molar refractivity (Wildman–Crippen MR) is 257 cm³/mol. The third-order valence-corrected chi connectivity index (χ3v) is 12.2. The lowest BCUT2D eigenvalue weighted by atomic mass is 9.93. The largest absolute Gasteiger partial charge is 0.454 e. The van der Waals surface area contributed by atoms with Gasteiger partial charge in [0.25, 0.3) is 0 Å². The standard InChI is InChI=1S/C58H38N2O/c1-4-16-39(17-5-1)40-30-32-41(33-31-40)42-34-36-45(37-35-42)59(43-18-6-2-7-19-43)54-29-15-27-51-56-48-24-11-10-22-46(48)52(38-55(56)61-58(51)54)50-26-14-25-49-47-23-12-13-28-53(47)60(57(49)50)44-20-8-3-9-21-44/h1-38H. The Hall–Kier alpha value is -8.14. The van der Waals surface area contributed by atoms with Crippen LogP contribution in [0.1, 0.15) is 0 Å². The smallest absolute Gasteiger partial charge is 0.159 e. The number of benzene rings is 10. The SMILES string of the molecule is c1ccc(-c2ccc(-c3ccc(N(c4ccccc4)c4cccc5c4oc4cc(-c6cccc7c8ccccc8n(-c8ccccc8)c67)c6ccccc6c45)cc3)cc2)cc1. The fourth-order valence-electron chi connectivity index (χ4n) is 9.42. The number of aromatic nitrogens is 1. The monoisotopic (exact) mass is 778 g/mol. The normalized spacial score (nSPS) is 11.6. The highest BCUT2D eigenvalue weighted by molar-refractivity contribution is 6.25. The van der Waals surface area contributed by atoms with E-state index in [9.17, 15) is 0 Å². The van der Waals surface area contributed by atoms with E-state index in [1.165, 1.54) is 54.8 Å². The average molecular weight is 779 g/mol. The van der Waals surface area contributed by atoms with Crippen molar-refractivity contribution in [3.8, 4) is 39.1 Å². The summed E-state index contributed by atoms with van der Waals surface area (Å²) in [4.78, 5) is 2.31. The second-order valence-corrected chi connectivity index (χ2v) is 15.6. The summed E-state index contributed by atoms with van der Waals surface area (Å²) in [5.41, 5.74) is 15.4. The van der Waals surface area contributed by atoms with Crippen LogP contribution in [-0.4, -0.2) is 4.57 Å². The third-order valence-electron chi connectivity index (χ3n) is 12.2. The molecule has 0 saturated heterocycles. The van der Waals surface area contributed by atoms with Crippen molar-refractivity contribution in [2.24, 2.45) is 0 Å². The molecule has 0 aliphatic rings. The van der Waals surface area contributed by atoms with Crippen molar-refractivity contribution >= 4 is 71.6 Å². The van der Waals surface area contributed by atoms with E-state index < -0.39 is 0 Å². The first-order valence-electron chi connectivity index (χ1n) is 20.8. The lowest BCUT2D eigenvalue weighted by Gasteiger charge is -2.25. The van der Waals surface area contributed by atoms with Gasteiger partial charge in [0.2, 0.25) is 0 Å². The highest BCUT2D eigenvalue weighted by Gasteiger charge is 2.23. The summed E-state index contributed by atoms with van der Waals surface area (Å²) in [6, 6.07) is 82.6. The van der Waals surface area contributed by atoms with Gasteiger partial charge in [-0.1, -0.05) is 176 Å². The van der Waals surface area contributed by atoms with Crippen LogP contribution >= 0.6 is 0 Å². The summed E-state index contributed by atoms with van der Waals surface area (Å²) in [7, 11) is 0. The minimum absolute atomic E-state index is 0.848. The average Bonchev–Trinajstić information content (AvgIpc) is 3.89. The Morgan fingerprint density at radius 1 is 0.361 bits per heavy atom. The lowest BCUT2D eigenvalue weighted by molar-refractivity contribution is 0.669. The van der Waals surface area contributed by atoms with Gasteiger partial charge in [0, 0.05) is 44.2 Å². The van der Waals surface area contributed by atoms with E-state index >= 15 is 0 Å². The van der Waals surface area contributed by atoms with E-state index in [0.29, 0.717) is 0 Å². The first-order chi connectivity index (χ1) is 30.3. The number of fused-ring (bicyclic) bond motifs is 8. The topological polar surface area (TPSA) is 21.3 Å². The molecular formula is C58H38N2O. The maximum Gasteiger partial charge on any atom is 0.159 e. The quantitative estimate of drug-likeness (QED) is 0.161. The molecule has 0 aliphatic carbocycles. The molecule has 0 N–H and O–H groups in total. The van der Waals surface area contributed by atoms with E-state index in [0.717, 1.165) is 55.8 Å². The van der Waals surface area contributed by atoms with Gasteiger partial charge in [0.15, 0.2) is 5.58 Å². The molecule has 0 fully saturated rings. The Morgan fingerprint density at radius 2 is 0.885 bits per heavy atom. The van der Waals surface area contributed by atoms with E-state index in [1.807, 2.05) is 0 Å². The van der Waals surface area contributed by atoms with Gasteiger partial charge in [-0.2, -0.15) is 0 Å².